The van der Waals surface area contributed by atoms with Crippen LogP contribution in [0.5, 0.6) is 5.75 Å². The molecule has 160 valence electrons. The topological polar surface area (TPSA) is 55.8 Å². The van der Waals surface area contributed by atoms with E-state index >= 15 is 0 Å². The second-order valence-electron chi connectivity index (χ2n) is 7.37. The van der Waals surface area contributed by atoms with Gasteiger partial charge in [0.1, 0.15) is 11.9 Å². The number of esters is 1. The minimum Gasteiger partial charge on any atom is -0.458 e. The Labute approximate surface area is 174 Å². The van der Waals surface area contributed by atoms with Gasteiger partial charge < -0.3 is 14.4 Å². The Bertz CT molecular complexity index is 842. The van der Waals surface area contributed by atoms with Crippen LogP contribution in [0.4, 0.5) is 8.78 Å². The number of piperidine rings is 1. The van der Waals surface area contributed by atoms with Gasteiger partial charge in [-0.15, -0.1) is 0 Å². The van der Waals surface area contributed by atoms with E-state index in [9.17, 15) is 18.4 Å². The number of hydrogen-bond acceptors (Lipinski definition) is 4. The summed E-state index contributed by atoms with van der Waals surface area (Å²) in [7, 11) is 0. The highest BCUT2D eigenvalue weighted by atomic mass is 19.3. The molecular formula is C23H25F2NO4. The Balaban J connectivity index is 1.53. The van der Waals surface area contributed by atoms with Crippen molar-refractivity contribution < 1.29 is 27.8 Å². The third-order valence-electron chi connectivity index (χ3n) is 5.17. The van der Waals surface area contributed by atoms with Gasteiger partial charge in [0.15, 0.2) is 0 Å². The van der Waals surface area contributed by atoms with E-state index in [2.05, 4.69) is 4.74 Å². The fourth-order valence-electron chi connectivity index (χ4n) is 3.54. The minimum atomic E-state index is -2.88. The van der Waals surface area contributed by atoms with E-state index in [1.165, 1.54) is 12.1 Å². The molecule has 0 aliphatic carbocycles. The zero-order valence-electron chi connectivity index (χ0n) is 16.8. The number of ether oxygens (including phenoxy) is 2. The summed E-state index contributed by atoms with van der Waals surface area (Å²) in [6, 6.07) is 15.5. The highest BCUT2D eigenvalue weighted by Crippen LogP contribution is 2.25. The fourth-order valence-corrected chi connectivity index (χ4v) is 3.54. The fraction of sp³-hybridized carbons (Fsp3) is 0.391. The maximum Gasteiger partial charge on any atom is 0.387 e. The van der Waals surface area contributed by atoms with E-state index in [-0.39, 0.29) is 23.5 Å². The molecule has 0 aromatic heterocycles. The van der Waals surface area contributed by atoms with Crippen molar-refractivity contribution in [3.8, 4) is 5.75 Å². The molecule has 3 rings (SSSR count). The van der Waals surface area contributed by atoms with Gasteiger partial charge in [0, 0.05) is 13.1 Å². The molecule has 30 heavy (non-hydrogen) atoms. The highest BCUT2D eigenvalue weighted by Gasteiger charge is 2.30. The largest absolute Gasteiger partial charge is 0.458 e. The van der Waals surface area contributed by atoms with Crippen molar-refractivity contribution >= 4 is 11.9 Å². The number of alkyl halides is 2. The van der Waals surface area contributed by atoms with Crippen LogP contribution >= 0.6 is 0 Å². The van der Waals surface area contributed by atoms with E-state index in [4.69, 9.17) is 4.74 Å². The van der Waals surface area contributed by atoms with Gasteiger partial charge in [-0.3, -0.25) is 9.59 Å². The molecule has 0 spiro atoms. The molecule has 2 aromatic rings. The van der Waals surface area contributed by atoms with Crippen molar-refractivity contribution in [1.29, 1.82) is 0 Å². The Kier molecular flexibility index (Phi) is 7.38. The van der Waals surface area contributed by atoms with Gasteiger partial charge in [0.05, 0.1) is 12.3 Å². The summed E-state index contributed by atoms with van der Waals surface area (Å²) in [5, 5.41) is 0. The zero-order valence-corrected chi connectivity index (χ0v) is 16.8. The van der Waals surface area contributed by atoms with E-state index in [0.717, 1.165) is 12.0 Å². The predicted octanol–water partition coefficient (Wildman–Crippen LogP) is 4.37. The lowest BCUT2D eigenvalue weighted by Crippen LogP contribution is -2.43. The second kappa shape index (κ2) is 10.2. The van der Waals surface area contributed by atoms with Crippen LogP contribution in [0.15, 0.2) is 54.6 Å². The monoisotopic (exact) mass is 417 g/mol. The first-order valence-corrected chi connectivity index (χ1v) is 9.99. The number of carbonyl (C=O) groups excluding carboxylic acids is 2. The van der Waals surface area contributed by atoms with Crippen LogP contribution in [0.25, 0.3) is 0 Å². The summed E-state index contributed by atoms with van der Waals surface area (Å²) in [5.74, 6) is -0.677. The minimum absolute atomic E-state index is 0.00127. The normalized spacial score (nSPS) is 17.5. The molecular weight excluding hydrogens is 392 g/mol. The number of amides is 1. The van der Waals surface area contributed by atoms with Gasteiger partial charge in [-0.25, -0.2) is 0 Å². The number of halogens is 2. The first-order chi connectivity index (χ1) is 14.4. The molecule has 2 unspecified atom stereocenters. The molecule has 1 fully saturated rings. The summed E-state index contributed by atoms with van der Waals surface area (Å²) < 4.78 is 34.4. The molecule has 7 heteroatoms. The number of rotatable bonds is 7. The van der Waals surface area contributed by atoms with E-state index in [1.807, 2.05) is 30.3 Å². The van der Waals surface area contributed by atoms with Gasteiger partial charge in [0.2, 0.25) is 5.91 Å². The lowest BCUT2D eigenvalue weighted by molar-refractivity contribution is -0.156. The summed E-state index contributed by atoms with van der Waals surface area (Å²) in [5.41, 5.74) is 1.62. The quantitative estimate of drug-likeness (QED) is 0.628. The molecule has 1 aliphatic rings. The number of benzene rings is 2. The van der Waals surface area contributed by atoms with Crippen molar-refractivity contribution in [3.05, 3.63) is 65.7 Å². The SMILES string of the molecule is CC(OC(=O)C1CCCN(C(=O)Cc2ccccc2)C1)c1ccc(OC(F)F)cc1. The Morgan fingerprint density at radius 1 is 1.10 bits per heavy atom. The summed E-state index contributed by atoms with van der Waals surface area (Å²) >= 11 is 0. The van der Waals surface area contributed by atoms with E-state index in [0.29, 0.717) is 31.5 Å². The number of carbonyl (C=O) groups is 2. The van der Waals surface area contributed by atoms with Crippen LogP contribution in [0, 0.1) is 5.92 Å². The van der Waals surface area contributed by atoms with Gasteiger partial charge in [-0.2, -0.15) is 8.78 Å². The summed E-state index contributed by atoms with van der Waals surface area (Å²) in [6.07, 6.45) is 1.19. The van der Waals surface area contributed by atoms with Gasteiger partial charge in [0.25, 0.3) is 0 Å². The van der Waals surface area contributed by atoms with Crippen LogP contribution in [-0.4, -0.2) is 36.5 Å². The maximum atomic E-state index is 12.6. The molecule has 1 heterocycles. The second-order valence-corrected chi connectivity index (χ2v) is 7.37. The Morgan fingerprint density at radius 3 is 2.47 bits per heavy atom. The van der Waals surface area contributed by atoms with Crippen LogP contribution in [0.3, 0.4) is 0 Å². The van der Waals surface area contributed by atoms with Crippen LogP contribution in [-0.2, 0) is 20.7 Å². The molecule has 2 atom stereocenters. The van der Waals surface area contributed by atoms with Crippen molar-refractivity contribution in [2.45, 2.75) is 38.9 Å². The van der Waals surface area contributed by atoms with Crippen LogP contribution in [0.1, 0.15) is 37.0 Å². The molecule has 0 radical (unpaired) electrons. The van der Waals surface area contributed by atoms with E-state index < -0.39 is 12.7 Å². The maximum absolute atomic E-state index is 12.6. The number of likely N-dealkylation sites (tertiary alicyclic amines) is 1. The van der Waals surface area contributed by atoms with Crippen molar-refractivity contribution in [3.63, 3.8) is 0 Å². The molecule has 2 aromatic carbocycles. The third kappa shape index (κ3) is 6.02. The van der Waals surface area contributed by atoms with Crippen molar-refractivity contribution in [2.75, 3.05) is 13.1 Å². The smallest absolute Gasteiger partial charge is 0.387 e. The molecule has 1 amide bonds. The van der Waals surface area contributed by atoms with Crippen molar-refractivity contribution in [2.24, 2.45) is 5.92 Å². The Morgan fingerprint density at radius 2 is 1.80 bits per heavy atom. The standard InChI is InChI=1S/C23H25F2NO4/c1-16(18-9-11-20(12-10-18)30-23(24)25)29-22(28)19-8-5-13-26(15-19)21(27)14-17-6-3-2-4-7-17/h2-4,6-7,9-12,16,19,23H,5,8,13-15H2,1H3. The van der Waals surface area contributed by atoms with Gasteiger partial charge in [-0.05, 0) is 43.0 Å². The Hall–Kier alpha value is -2.96. The molecule has 1 aliphatic heterocycles. The first-order valence-electron chi connectivity index (χ1n) is 9.99. The number of nitrogens with zero attached hydrogens (tertiary/aromatic N) is 1. The summed E-state index contributed by atoms with van der Waals surface area (Å²) in [4.78, 5) is 27.0. The average molecular weight is 417 g/mol. The molecule has 0 bridgehead atoms. The lowest BCUT2D eigenvalue weighted by Gasteiger charge is -2.32. The third-order valence-corrected chi connectivity index (χ3v) is 5.17. The molecule has 0 N–H and O–H groups in total. The lowest BCUT2D eigenvalue weighted by atomic mass is 9.97. The molecule has 1 saturated heterocycles. The molecule has 0 saturated carbocycles. The summed E-state index contributed by atoms with van der Waals surface area (Å²) in [6.45, 7) is -0.179. The van der Waals surface area contributed by atoms with Gasteiger partial charge in [-0.1, -0.05) is 42.5 Å². The average Bonchev–Trinajstić information content (AvgIpc) is 2.74. The van der Waals surface area contributed by atoms with Crippen LogP contribution in [0.2, 0.25) is 0 Å². The molecule has 5 nitrogen and oxygen atoms in total. The highest BCUT2D eigenvalue weighted by molar-refractivity contribution is 5.80. The van der Waals surface area contributed by atoms with Crippen LogP contribution < -0.4 is 4.74 Å². The number of hydrogen-bond donors (Lipinski definition) is 0. The zero-order chi connectivity index (χ0) is 21.5. The van der Waals surface area contributed by atoms with Gasteiger partial charge >= 0.3 is 12.6 Å². The predicted molar refractivity (Wildman–Crippen MR) is 107 cm³/mol. The first kappa shape index (κ1) is 21.7. The van der Waals surface area contributed by atoms with E-state index in [1.54, 1.807) is 24.0 Å². The van der Waals surface area contributed by atoms with Crippen molar-refractivity contribution in [1.82, 2.24) is 4.90 Å².